The third-order valence-corrected chi connectivity index (χ3v) is 5.04. The summed E-state index contributed by atoms with van der Waals surface area (Å²) in [7, 11) is -3.25. The largest absolute Gasteiger partial charge is 0.384 e. The molecule has 5 heteroatoms. The first-order valence-corrected chi connectivity index (χ1v) is 7.76. The number of rotatable bonds is 1. The van der Waals surface area contributed by atoms with Crippen molar-refractivity contribution in [2.75, 3.05) is 23.2 Å². The number of nitrogens with zero attached hydrogens (tertiary/aromatic N) is 1. The van der Waals surface area contributed by atoms with Crippen molar-refractivity contribution >= 4 is 15.7 Å². The number of benzene rings is 1. The minimum absolute atomic E-state index is 0.116. The first kappa shape index (κ1) is 13.9. The second-order valence-corrected chi connectivity index (χ2v) is 6.83. The number of aliphatic hydroxyl groups is 1. The molecule has 0 amide bonds. The molecule has 1 atom stereocenters. The summed E-state index contributed by atoms with van der Waals surface area (Å²) in [6, 6.07) is 5.50. The highest BCUT2D eigenvalue weighted by atomic mass is 32.2. The van der Waals surface area contributed by atoms with Gasteiger partial charge < -0.3 is 5.11 Å². The maximum atomic E-state index is 12.1. The molecule has 1 unspecified atom stereocenters. The van der Waals surface area contributed by atoms with E-state index in [1.807, 2.05) is 26.0 Å². The average Bonchev–Trinajstić information content (AvgIpc) is 2.60. The summed E-state index contributed by atoms with van der Waals surface area (Å²) < 4.78 is 25.7. The number of anilines is 1. The molecule has 1 aromatic carbocycles. The van der Waals surface area contributed by atoms with Crippen LogP contribution in [0.15, 0.2) is 18.2 Å². The molecule has 102 valence electrons. The van der Waals surface area contributed by atoms with Gasteiger partial charge in [0.25, 0.3) is 0 Å². The molecule has 1 aliphatic rings. The Morgan fingerprint density at radius 2 is 2.21 bits per heavy atom. The van der Waals surface area contributed by atoms with E-state index in [0.717, 1.165) is 5.56 Å². The van der Waals surface area contributed by atoms with Crippen LogP contribution in [0.1, 0.15) is 18.1 Å². The fourth-order valence-electron chi connectivity index (χ4n) is 2.25. The second kappa shape index (κ2) is 5.24. The molecule has 2 rings (SSSR count). The molecule has 1 saturated heterocycles. The average molecular weight is 279 g/mol. The summed E-state index contributed by atoms with van der Waals surface area (Å²) in [5.41, 5.74) is 2.26. The van der Waals surface area contributed by atoms with Crippen LogP contribution in [0.25, 0.3) is 0 Å². The quantitative estimate of drug-likeness (QED) is 0.784. The van der Waals surface area contributed by atoms with Crippen LogP contribution in [0, 0.1) is 24.7 Å². The van der Waals surface area contributed by atoms with Crippen LogP contribution >= 0.6 is 0 Å². The van der Waals surface area contributed by atoms with Crippen molar-refractivity contribution in [1.29, 1.82) is 0 Å². The maximum Gasteiger partial charge on any atom is 0.235 e. The molecular weight excluding hydrogens is 262 g/mol. The highest BCUT2D eigenvalue weighted by Crippen LogP contribution is 2.30. The van der Waals surface area contributed by atoms with Crippen LogP contribution < -0.4 is 4.31 Å². The lowest BCUT2D eigenvalue weighted by Gasteiger charge is -2.19. The minimum Gasteiger partial charge on any atom is -0.384 e. The van der Waals surface area contributed by atoms with Gasteiger partial charge in [0.15, 0.2) is 0 Å². The van der Waals surface area contributed by atoms with Crippen molar-refractivity contribution in [3.8, 4) is 11.8 Å². The van der Waals surface area contributed by atoms with E-state index in [1.165, 1.54) is 4.31 Å². The summed E-state index contributed by atoms with van der Waals surface area (Å²) in [5.74, 6) is 5.70. The van der Waals surface area contributed by atoms with Gasteiger partial charge in [0.05, 0.1) is 11.4 Å². The van der Waals surface area contributed by atoms with Gasteiger partial charge in [-0.1, -0.05) is 24.8 Å². The normalized spacial score (nSPS) is 21.0. The van der Waals surface area contributed by atoms with Gasteiger partial charge in [0.2, 0.25) is 10.0 Å². The van der Waals surface area contributed by atoms with E-state index in [-0.39, 0.29) is 18.3 Å². The van der Waals surface area contributed by atoms with Gasteiger partial charge in [-0.3, -0.25) is 4.31 Å². The van der Waals surface area contributed by atoms with Crippen molar-refractivity contribution in [3.63, 3.8) is 0 Å². The van der Waals surface area contributed by atoms with Gasteiger partial charge in [-0.15, -0.1) is 0 Å². The second-order valence-electron chi connectivity index (χ2n) is 4.90. The lowest BCUT2D eigenvalue weighted by atomic mass is 10.1. The molecule has 19 heavy (non-hydrogen) atoms. The van der Waals surface area contributed by atoms with Gasteiger partial charge in [0.1, 0.15) is 6.61 Å². The Kier molecular flexibility index (Phi) is 3.83. The summed E-state index contributed by atoms with van der Waals surface area (Å²) in [6.45, 7) is 4.09. The van der Waals surface area contributed by atoms with E-state index in [1.54, 1.807) is 6.07 Å². The topological polar surface area (TPSA) is 57.6 Å². The monoisotopic (exact) mass is 279 g/mol. The molecule has 1 heterocycles. The van der Waals surface area contributed by atoms with Crippen LogP contribution in [-0.4, -0.2) is 32.4 Å². The van der Waals surface area contributed by atoms with Gasteiger partial charge in [-0.25, -0.2) is 8.42 Å². The molecule has 0 aromatic heterocycles. The van der Waals surface area contributed by atoms with Crippen molar-refractivity contribution < 1.29 is 13.5 Å². The van der Waals surface area contributed by atoms with Gasteiger partial charge >= 0.3 is 0 Å². The number of aryl methyl sites for hydroxylation is 1. The lowest BCUT2D eigenvalue weighted by Crippen LogP contribution is -2.26. The van der Waals surface area contributed by atoms with E-state index in [9.17, 15) is 8.42 Å². The number of aliphatic hydroxyl groups excluding tert-OH is 1. The zero-order valence-corrected chi connectivity index (χ0v) is 11.9. The van der Waals surface area contributed by atoms with E-state index in [2.05, 4.69) is 11.8 Å². The SMILES string of the molecule is Cc1ccc(N2CC(C)CS2(=O)=O)c(C#CCO)c1. The first-order valence-electron chi connectivity index (χ1n) is 6.15. The van der Waals surface area contributed by atoms with Crippen molar-refractivity contribution in [1.82, 2.24) is 0 Å². The Labute approximate surface area is 114 Å². The zero-order valence-electron chi connectivity index (χ0n) is 11.0. The summed E-state index contributed by atoms with van der Waals surface area (Å²) >= 11 is 0. The van der Waals surface area contributed by atoms with Gasteiger partial charge in [-0.05, 0) is 30.5 Å². The van der Waals surface area contributed by atoms with E-state index in [4.69, 9.17) is 5.11 Å². The predicted octanol–water partition coefficient (Wildman–Crippen LogP) is 1.12. The molecule has 1 aliphatic heterocycles. The number of sulfonamides is 1. The van der Waals surface area contributed by atoms with E-state index < -0.39 is 10.0 Å². The molecule has 1 N–H and O–H groups in total. The number of hydrogen-bond acceptors (Lipinski definition) is 3. The van der Waals surface area contributed by atoms with Crippen LogP contribution in [0.4, 0.5) is 5.69 Å². The Morgan fingerprint density at radius 3 is 2.79 bits per heavy atom. The summed E-state index contributed by atoms with van der Waals surface area (Å²) in [5, 5.41) is 8.79. The molecular formula is C14H17NO3S. The Morgan fingerprint density at radius 1 is 1.47 bits per heavy atom. The van der Waals surface area contributed by atoms with Crippen molar-refractivity contribution in [2.24, 2.45) is 5.92 Å². The Balaban J connectivity index is 2.51. The third-order valence-electron chi connectivity index (χ3n) is 3.03. The number of hydrogen-bond donors (Lipinski definition) is 1. The summed E-state index contributed by atoms with van der Waals surface area (Å²) in [4.78, 5) is 0. The fourth-order valence-corrected chi connectivity index (χ4v) is 4.19. The van der Waals surface area contributed by atoms with Crippen molar-refractivity contribution in [3.05, 3.63) is 29.3 Å². The van der Waals surface area contributed by atoms with Gasteiger partial charge in [-0.2, -0.15) is 0 Å². The zero-order chi connectivity index (χ0) is 14.0. The Bertz CT molecular complexity index is 640. The fraction of sp³-hybridized carbons (Fsp3) is 0.429. The van der Waals surface area contributed by atoms with E-state index in [0.29, 0.717) is 17.8 Å². The highest BCUT2D eigenvalue weighted by molar-refractivity contribution is 7.93. The highest BCUT2D eigenvalue weighted by Gasteiger charge is 2.34. The lowest BCUT2D eigenvalue weighted by molar-refractivity contribution is 0.350. The van der Waals surface area contributed by atoms with Crippen LogP contribution in [-0.2, 0) is 10.0 Å². The van der Waals surface area contributed by atoms with Crippen LogP contribution in [0.2, 0.25) is 0 Å². The predicted molar refractivity (Wildman–Crippen MR) is 75.4 cm³/mol. The molecule has 0 bridgehead atoms. The molecule has 0 radical (unpaired) electrons. The molecule has 0 spiro atoms. The van der Waals surface area contributed by atoms with Crippen molar-refractivity contribution in [2.45, 2.75) is 13.8 Å². The standard InChI is InChI=1S/C14H17NO3S/c1-11-5-6-14(13(8-11)4-3-7-16)15-9-12(2)10-19(15,17)18/h5-6,8,12,16H,7,9-10H2,1-2H3. The smallest absolute Gasteiger partial charge is 0.235 e. The van der Waals surface area contributed by atoms with E-state index >= 15 is 0 Å². The Hall–Kier alpha value is -1.51. The van der Waals surface area contributed by atoms with Gasteiger partial charge in [0, 0.05) is 12.1 Å². The third kappa shape index (κ3) is 2.91. The van der Waals surface area contributed by atoms with Crippen LogP contribution in [0.5, 0.6) is 0 Å². The molecule has 0 aliphatic carbocycles. The maximum absolute atomic E-state index is 12.1. The molecule has 1 fully saturated rings. The minimum atomic E-state index is -3.25. The molecule has 0 saturated carbocycles. The molecule has 4 nitrogen and oxygen atoms in total. The van der Waals surface area contributed by atoms with Crippen LogP contribution in [0.3, 0.4) is 0 Å². The first-order chi connectivity index (χ1) is 8.94. The summed E-state index contributed by atoms with van der Waals surface area (Å²) in [6.07, 6.45) is 0. The molecule has 1 aromatic rings.